The van der Waals surface area contributed by atoms with Gasteiger partial charge in [0.15, 0.2) is 0 Å². The lowest BCUT2D eigenvalue weighted by atomic mass is 10.1. The van der Waals surface area contributed by atoms with Crippen LogP contribution >= 0.6 is 0 Å². The molecule has 0 amide bonds. The quantitative estimate of drug-likeness (QED) is 0.645. The Labute approximate surface area is 81.1 Å². The molecule has 0 saturated heterocycles. The molecule has 0 heterocycles. The van der Waals surface area contributed by atoms with Crippen molar-refractivity contribution in [2.75, 3.05) is 6.54 Å². The molecule has 0 spiro atoms. The van der Waals surface area contributed by atoms with E-state index in [9.17, 15) is 0 Å². The van der Waals surface area contributed by atoms with Gasteiger partial charge in [-0.05, 0) is 46.2 Å². The van der Waals surface area contributed by atoms with Crippen LogP contribution < -0.4 is 5.32 Å². The van der Waals surface area contributed by atoms with Crippen molar-refractivity contribution in [3.8, 4) is 0 Å². The summed E-state index contributed by atoms with van der Waals surface area (Å²) in [5, 5.41) is 3.46. The minimum Gasteiger partial charge on any atom is -0.382 e. The summed E-state index contributed by atoms with van der Waals surface area (Å²) in [5.74, 6) is 0.833. The fourth-order valence-electron chi connectivity index (χ4n) is 1.51. The minimum atomic E-state index is 0.0389. The summed E-state index contributed by atoms with van der Waals surface area (Å²) in [4.78, 5) is 3.92. The maximum atomic E-state index is 3.92. The van der Waals surface area contributed by atoms with Gasteiger partial charge in [-0.1, -0.05) is 6.08 Å². The van der Waals surface area contributed by atoms with Gasteiger partial charge in [0.2, 0.25) is 0 Å². The Kier molecular flexibility index (Phi) is 3.12. The highest BCUT2D eigenvalue weighted by Crippen LogP contribution is 2.31. The molecule has 0 bridgehead atoms. The average Bonchev–Trinajstić information content (AvgIpc) is 2.68. The van der Waals surface area contributed by atoms with Crippen LogP contribution in [0.5, 0.6) is 0 Å². The fourth-order valence-corrected chi connectivity index (χ4v) is 1.51. The molecule has 74 valence electrons. The molecule has 1 N–H and O–H groups in total. The first-order valence-electron chi connectivity index (χ1n) is 4.92. The molecule has 1 aliphatic carbocycles. The SMILES string of the molecule is C=NCC(C)(C)N/C(C)=C/C1CC1. The van der Waals surface area contributed by atoms with E-state index >= 15 is 0 Å². The van der Waals surface area contributed by atoms with Crippen molar-refractivity contribution in [3.05, 3.63) is 11.8 Å². The number of rotatable bonds is 5. The molecule has 0 aliphatic heterocycles. The van der Waals surface area contributed by atoms with Gasteiger partial charge in [-0.15, -0.1) is 0 Å². The number of nitrogens with one attached hydrogen (secondary N) is 1. The van der Waals surface area contributed by atoms with Crippen LogP contribution in [0.4, 0.5) is 0 Å². The third-order valence-electron chi connectivity index (χ3n) is 2.15. The molecule has 2 nitrogen and oxygen atoms in total. The van der Waals surface area contributed by atoms with Crippen molar-refractivity contribution in [3.63, 3.8) is 0 Å². The third kappa shape index (κ3) is 4.11. The largest absolute Gasteiger partial charge is 0.382 e. The summed E-state index contributed by atoms with van der Waals surface area (Å²) in [6.07, 6.45) is 5.04. The van der Waals surface area contributed by atoms with Gasteiger partial charge in [0, 0.05) is 5.70 Å². The fraction of sp³-hybridized carbons (Fsp3) is 0.727. The van der Waals surface area contributed by atoms with Gasteiger partial charge >= 0.3 is 0 Å². The Morgan fingerprint density at radius 3 is 2.69 bits per heavy atom. The monoisotopic (exact) mass is 180 g/mol. The number of aliphatic imine (C=N–C) groups is 1. The summed E-state index contributed by atoms with van der Waals surface area (Å²) in [6, 6.07) is 0. The molecule has 0 aromatic heterocycles. The molecule has 0 radical (unpaired) electrons. The zero-order chi connectivity index (χ0) is 9.90. The summed E-state index contributed by atoms with van der Waals surface area (Å²) >= 11 is 0. The van der Waals surface area contributed by atoms with Gasteiger partial charge in [-0.3, -0.25) is 4.99 Å². The molecule has 1 fully saturated rings. The minimum absolute atomic E-state index is 0.0389. The molecule has 1 saturated carbocycles. The second-order valence-corrected chi connectivity index (χ2v) is 4.58. The van der Waals surface area contributed by atoms with Crippen molar-refractivity contribution in [2.45, 2.75) is 39.2 Å². The maximum Gasteiger partial charge on any atom is 0.0607 e. The van der Waals surface area contributed by atoms with E-state index in [0.29, 0.717) is 0 Å². The van der Waals surface area contributed by atoms with Gasteiger partial charge in [0.05, 0.1) is 12.1 Å². The molecule has 0 unspecified atom stereocenters. The molecule has 13 heavy (non-hydrogen) atoms. The van der Waals surface area contributed by atoms with Crippen LogP contribution in [0.3, 0.4) is 0 Å². The van der Waals surface area contributed by atoms with E-state index in [0.717, 1.165) is 12.5 Å². The molecule has 0 atom stereocenters. The van der Waals surface area contributed by atoms with Crippen LogP contribution in [0.15, 0.2) is 16.8 Å². The first-order valence-corrected chi connectivity index (χ1v) is 4.92. The second-order valence-electron chi connectivity index (χ2n) is 4.58. The van der Waals surface area contributed by atoms with Crippen LogP contribution in [-0.4, -0.2) is 18.8 Å². The first-order chi connectivity index (χ1) is 6.03. The highest BCUT2D eigenvalue weighted by molar-refractivity contribution is 5.24. The van der Waals surface area contributed by atoms with E-state index in [1.165, 1.54) is 18.5 Å². The maximum absolute atomic E-state index is 3.92. The van der Waals surface area contributed by atoms with Gasteiger partial charge in [-0.2, -0.15) is 0 Å². The van der Waals surface area contributed by atoms with E-state index in [4.69, 9.17) is 0 Å². The molecule has 1 rings (SSSR count). The van der Waals surface area contributed by atoms with Gasteiger partial charge in [-0.25, -0.2) is 0 Å². The van der Waals surface area contributed by atoms with E-state index in [-0.39, 0.29) is 5.54 Å². The normalized spacial score (nSPS) is 18.5. The average molecular weight is 180 g/mol. The van der Waals surface area contributed by atoms with Crippen molar-refractivity contribution in [1.82, 2.24) is 5.32 Å². The van der Waals surface area contributed by atoms with Crippen molar-refractivity contribution in [1.29, 1.82) is 0 Å². The Morgan fingerprint density at radius 2 is 2.23 bits per heavy atom. The number of nitrogens with zero attached hydrogens (tertiary/aromatic N) is 1. The van der Waals surface area contributed by atoms with Crippen LogP contribution in [0, 0.1) is 5.92 Å². The number of allylic oxidation sites excluding steroid dienone is 2. The summed E-state index contributed by atoms with van der Waals surface area (Å²) in [7, 11) is 0. The third-order valence-corrected chi connectivity index (χ3v) is 2.15. The van der Waals surface area contributed by atoms with Crippen LogP contribution in [0.1, 0.15) is 33.6 Å². The topological polar surface area (TPSA) is 24.4 Å². The predicted molar refractivity (Wildman–Crippen MR) is 58.1 cm³/mol. The standard InChI is InChI=1S/C11H20N2/c1-9(7-10-5-6-10)13-11(2,3)8-12-4/h7,10,13H,4-6,8H2,1-3H3/b9-7+. The van der Waals surface area contributed by atoms with E-state index in [1.807, 2.05) is 0 Å². The summed E-state index contributed by atoms with van der Waals surface area (Å²) in [5.41, 5.74) is 1.31. The second kappa shape index (κ2) is 3.95. The molecular formula is C11H20N2. The van der Waals surface area contributed by atoms with Crippen LogP contribution in [0.25, 0.3) is 0 Å². The lowest BCUT2D eigenvalue weighted by Gasteiger charge is -2.25. The van der Waals surface area contributed by atoms with Crippen molar-refractivity contribution < 1.29 is 0 Å². The molecule has 0 aromatic carbocycles. The Balaban J connectivity index is 2.40. The zero-order valence-corrected chi connectivity index (χ0v) is 8.93. The van der Waals surface area contributed by atoms with E-state index in [1.54, 1.807) is 0 Å². The summed E-state index contributed by atoms with van der Waals surface area (Å²) < 4.78 is 0. The van der Waals surface area contributed by atoms with Crippen LogP contribution in [0.2, 0.25) is 0 Å². The highest BCUT2D eigenvalue weighted by atomic mass is 15.0. The van der Waals surface area contributed by atoms with Gasteiger partial charge in [0.25, 0.3) is 0 Å². The molecule has 0 aromatic rings. The summed E-state index contributed by atoms with van der Waals surface area (Å²) in [6.45, 7) is 10.7. The molecule has 2 heteroatoms. The lowest BCUT2D eigenvalue weighted by molar-refractivity contribution is 0.441. The van der Waals surface area contributed by atoms with Crippen molar-refractivity contribution in [2.24, 2.45) is 10.9 Å². The number of hydrogen-bond acceptors (Lipinski definition) is 2. The first kappa shape index (κ1) is 10.3. The molecule has 1 aliphatic rings. The smallest absolute Gasteiger partial charge is 0.0607 e. The Bertz CT molecular complexity index is 212. The Hall–Kier alpha value is -0.790. The van der Waals surface area contributed by atoms with Crippen molar-refractivity contribution >= 4 is 6.72 Å². The van der Waals surface area contributed by atoms with Gasteiger partial charge < -0.3 is 5.32 Å². The van der Waals surface area contributed by atoms with E-state index < -0.39 is 0 Å². The van der Waals surface area contributed by atoms with Gasteiger partial charge in [0.1, 0.15) is 0 Å². The van der Waals surface area contributed by atoms with Crippen LogP contribution in [-0.2, 0) is 0 Å². The number of hydrogen-bond donors (Lipinski definition) is 1. The zero-order valence-electron chi connectivity index (χ0n) is 8.93. The Morgan fingerprint density at radius 1 is 1.62 bits per heavy atom. The highest BCUT2D eigenvalue weighted by Gasteiger charge is 2.20. The lowest BCUT2D eigenvalue weighted by Crippen LogP contribution is -2.40. The van der Waals surface area contributed by atoms with E-state index in [2.05, 4.69) is 43.9 Å². The predicted octanol–water partition coefficient (Wildman–Crippen LogP) is 2.37. The molecular weight excluding hydrogens is 160 g/mol.